The lowest BCUT2D eigenvalue weighted by molar-refractivity contribution is -0.178. The molecule has 0 spiro atoms. The summed E-state index contributed by atoms with van der Waals surface area (Å²) in [5.74, 6) is 2.71. The van der Waals surface area contributed by atoms with Gasteiger partial charge in [-0.05, 0) is 98.7 Å². The van der Waals surface area contributed by atoms with Gasteiger partial charge in [0.25, 0.3) is 0 Å². The summed E-state index contributed by atoms with van der Waals surface area (Å²) in [6, 6.07) is 0. The van der Waals surface area contributed by atoms with Gasteiger partial charge in [-0.1, -0.05) is 65.3 Å². The van der Waals surface area contributed by atoms with Crippen LogP contribution in [0.4, 0.5) is 0 Å². The van der Waals surface area contributed by atoms with Crippen LogP contribution in [0.25, 0.3) is 0 Å². The van der Waals surface area contributed by atoms with Crippen LogP contribution in [0.3, 0.4) is 0 Å². The van der Waals surface area contributed by atoms with Crippen molar-refractivity contribution in [1.29, 1.82) is 0 Å². The lowest BCUT2D eigenvalue weighted by atomic mass is 9.35. The molecule has 0 heterocycles. The van der Waals surface area contributed by atoms with Crippen LogP contribution in [0, 0.1) is 51.2 Å². The standard InChI is InChI=1S/C30H50O2/c1-9-25(32)29(8)22(19(2)3)13-14-28(7)24(29)11-10-23-26-21(5)20(4)12-15-30(26,18-31)17-16-27(23,28)6/h10,20-22,24-26,31-32H,2,9,11-18H2,1,3-8H3. The number of aliphatic hydroxyl groups excluding tert-OH is 2. The Bertz CT molecular complexity index is 784. The van der Waals surface area contributed by atoms with E-state index in [1.54, 1.807) is 5.57 Å². The highest BCUT2D eigenvalue weighted by molar-refractivity contribution is 5.34. The molecule has 10 unspecified atom stereocenters. The van der Waals surface area contributed by atoms with Gasteiger partial charge in [0.1, 0.15) is 0 Å². The van der Waals surface area contributed by atoms with E-state index in [1.165, 1.54) is 31.3 Å². The average Bonchev–Trinajstić information content (AvgIpc) is 2.76. The summed E-state index contributed by atoms with van der Waals surface area (Å²) in [4.78, 5) is 0. The molecule has 182 valence electrons. The van der Waals surface area contributed by atoms with Crippen molar-refractivity contribution in [3.8, 4) is 0 Å². The van der Waals surface area contributed by atoms with Crippen molar-refractivity contribution in [2.24, 2.45) is 51.2 Å². The number of fused-ring (bicyclic) bond motifs is 5. The van der Waals surface area contributed by atoms with Crippen molar-refractivity contribution >= 4 is 0 Å². The van der Waals surface area contributed by atoms with Gasteiger partial charge in [-0.25, -0.2) is 0 Å². The molecule has 2 N–H and O–H groups in total. The van der Waals surface area contributed by atoms with Crippen LogP contribution in [-0.2, 0) is 0 Å². The fourth-order valence-corrected chi connectivity index (χ4v) is 9.88. The first kappa shape index (κ1) is 24.5. The molecule has 10 atom stereocenters. The first-order chi connectivity index (χ1) is 14.9. The summed E-state index contributed by atoms with van der Waals surface area (Å²) in [5, 5.41) is 22.1. The van der Waals surface area contributed by atoms with Crippen molar-refractivity contribution in [1.82, 2.24) is 0 Å². The van der Waals surface area contributed by atoms with E-state index in [0.717, 1.165) is 31.6 Å². The van der Waals surface area contributed by atoms with Gasteiger partial charge < -0.3 is 10.2 Å². The Balaban J connectivity index is 1.85. The second-order valence-electron chi connectivity index (χ2n) is 13.3. The van der Waals surface area contributed by atoms with Crippen LogP contribution in [0.2, 0.25) is 0 Å². The lowest BCUT2D eigenvalue weighted by Crippen LogP contribution is -2.64. The zero-order chi connectivity index (χ0) is 23.7. The number of aliphatic hydroxyl groups is 2. The number of rotatable bonds is 4. The van der Waals surface area contributed by atoms with Gasteiger partial charge in [-0.2, -0.15) is 0 Å². The maximum absolute atomic E-state index is 11.4. The summed E-state index contributed by atoms with van der Waals surface area (Å²) >= 11 is 0. The molecule has 2 heteroatoms. The van der Waals surface area contributed by atoms with Gasteiger partial charge in [0.15, 0.2) is 0 Å². The molecular weight excluding hydrogens is 392 g/mol. The van der Waals surface area contributed by atoms with Crippen LogP contribution in [-0.4, -0.2) is 22.9 Å². The van der Waals surface area contributed by atoms with Crippen molar-refractivity contribution in [2.75, 3.05) is 6.61 Å². The molecule has 4 rings (SSSR count). The van der Waals surface area contributed by atoms with Gasteiger partial charge in [0, 0.05) is 17.4 Å². The van der Waals surface area contributed by atoms with Crippen molar-refractivity contribution in [3.63, 3.8) is 0 Å². The highest BCUT2D eigenvalue weighted by Gasteiger charge is 2.67. The van der Waals surface area contributed by atoms with Crippen LogP contribution in [0.15, 0.2) is 23.8 Å². The summed E-state index contributed by atoms with van der Waals surface area (Å²) in [5.41, 5.74) is 3.21. The maximum Gasteiger partial charge on any atom is 0.0599 e. The highest BCUT2D eigenvalue weighted by Crippen LogP contribution is 2.74. The molecule has 0 aromatic carbocycles. The molecule has 0 bridgehead atoms. The van der Waals surface area contributed by atoms with Crippen molar-refractivity contribution in [2.45, 2.75) is 106 Å². The molecule has 32 heavy (non-hydrogen) atoms. The Morgan fingerprint density at radius 2 is 1.81 bits per heavy atom. The molecule has 3 saturated carbocycles. The Morgan fingerprint density at radius 1 is 1.12 bits per heavy atom. The fourth-order valence-electron chi connectivity index (χ4n) is 9.88. The number of hydrogen-bond donors (Lipinski definition) is 2. The molecule has 4 aliphatic carbocycles. The van der Waals surface area contributed by atoms with E-state index in [-0.39, 0.29) is 27.8 Å². The lowest BCUT2D eigenvalue weighted by Gasteiger charge is -2.70. The zero-order valence-electron chi connectivity index (χ0n) is 22.0. The molecule has 4 aliphatic rings. The maximum atomic E-state index is 11.4. The van der Waals surface area contributed by atoms with E-state index < -0.39 is 0 Å². The fraction of sp³-hybridized carbons (Fsp3) is 0.867. The third-order valence-electron chi connectivity index (χ3n) is 12.3. The molecule has 0 amide bonds. The molecule has 0 aliphatic heterocycles. The topological polar surface area (TPSA) is 40.5 Å². The monoisotopic (exact) mass is 442 g/mol. The molecule has 3 fully saturated rings. The Kier molecular flexibility index (Phi) is 6.11. The molecule has 0 radical (unpaired) electrons. The van der Waals surface area contributed by atoms with E-state index in [2.05, 4.69) is 61.1 Å². The highest BCUT2D eigenvalue weighted by atomic mass is 16.3. The number of allylic oxidation sites excluding steroid dienone is 3. The van der Waals surface area contributed by atoms with Crippen LogP contribution in [0.5, 0.6) is 0 Å². The normalized spacial score (nSPS) is 51.7. The van der Waals surface area contributed by atoms with E-state index in [4.69, 9.17) is 0 Å². The minimum Gasteiger partial charge on any atom is -0.396 e. The summed E-state index contributed by atoms with van der Waals surface area (Å²) in [6.45, 7) is 21.5. The van der Waals surface area contributed by atoms with Crippen molar-refractivity contribution < 1.29 is 10.2 Å². The first-order valence-electron chi connectivity index (χ1n) is 13.6. The Morgan fingerprint density at radius 3 is 2.41 bits per heavy atom. The summed E-state index contributed by atoms with van der Waals surface area (Å²) in [6.07, 6.45) is 11.3. The quantitative estimate of drug-likeness (QED) is 0.453. The van der Waals surface area contributed by atoms with Gasteiger partial charge in [0.2, 0.25) is 0 Å². The van der Waals surface area contributed by atoms with Gasteiger partial charge in [0.05, 0.1) is 6.10 Å². The summed E-state index contributed by atoms with van der Waals surface area (Å²) < 4.78 is 0. The predicted octanol–water partition coefficient (Wildman–Crippen LogP) is 7.16. The predicted molar refractivity (Wildman–Crippen MR) is 134 cm³/mol. The van der Waals surface area contributed by atoms with Crippen LogP contribution >= 0.6 is 0 Å². The largest absolute Gasteiger partial charge is 0.396 e. The zero-order valence-corrected chi connectivity index (χ0v) is 22.0. The minimum atomic E-state index is -0.291. The molecule has 0 aromatic rings. The summed E-state index contributed by atoms with van der Waals surface area (Å²) in [7, 11) is 0. The van der Waals surface area contributed by atoms with E-state index in [9.17, 15) is 10.2 Å². The van der Waals surface area contributed by atoms with Crippen LogP contribution in [0.1, 0.15) is 99.8 Å². The minimum absolute atomic E-state index is 0.0849. The van der Waals surface area contributed by atoms with Gasteiger partial charge >= 0.3 is 0 Å². The molecule has 0 saturated heterocycles. The Hall–Kier alpha value is -0.600. The van der Waals surface area contributed by atoms with Gasteiger partial charge in [-0.3, -0.25) is 0 Å². The van der Waals surface area contributed by atoms with Gasteiger partial charge in [-0.15, -0.1) is 0 Å². The smallest absolute Gasteiger partial charge is 0.0599 e. The average molecular weight is 443 g/mol. The third-order valence-corrected chi connectivity index (χ3v) is 12.3. The second-order valence-corrected chi connectivity index (χ2v) is 13.3. The third kappa shape index (κ3) is 2.97. The molecule has 2 nitrogen and oxygen atoms in total. The SMILES string of the molecule is C=C(C)C1CCC2(C)C(CC=C3C4C(C)C(C)CCC4(CO)CCC32C)C1(C)C(O)CC. The second kappa shape index (κ2) is 7.98. The van der Waals surface area contributed by atoms with E-state index in [0.29, 0.717) is 30.3 Å². The molecule has 0 aromatic heterocycles. The van der Waals surface area contributed by atoms with E-state index >= 15 is 0 Å². The number of hydrogen-bond acceptors (Lipinski definition) is 2. The first-order valence-corrected chi connectivity index (χ1v) is 13.6. The Labute approximate surface area is 198 Å². The van der Waals surface area contributed by atoms with Crippen molar-refractivity contribution in [3.05, 3.63) is 23.8 Å². The van der Waals surface area contributed by atoms with E-state index in [1.807, 2.05) is 0 Å². The van der Waals surface area contributed by atoms with Crippen LogP contribution < -0.4 is 0 Å². The molecular formula is C30H50O2.